The van der Waals surface area contributed by atoms with Crippen LogP contribution in [-0.2, 0) is 4.79 Å². The molecule has 2 heterocycles. The van der Waals surface area contributed by atoms with E-state index in [1.807, 2.05) is 13.8 Å². The molecule has 1 fully saturated rings. The summed E-state index contributed by atoms with van der Waals surface area (Å²) >= 11 is 0. The van der Waals surface area contributed by atoms with E-state index in [0.717, 1.165) is 6.42 Å². The minimum Gasteiger partial charge on any atom is -0.451 e. The smallest absolute Gasteiger partial charge is 0.290 e. The van der Waals surface area contributed by atoms with E-state index in [-0.39, 0.29) is 36.9 Å². The summed E-state index contributed by atoms with van der Waals surface area (Å²) in [5.74, 6) is -0.876. The molecule has 0 radical (unpaired) electrons. The number of aliphatic hydroxyl groups is 1. The Bertz CT molecular complexity index is 843. The Morgan fingerprint density at radius 1 is 1.42 bits per heavy atom. The fraction of sp³-hybridized carbons (Fsp3) is 0.474. The van der Waals surface area contributed by atoms with Crippen LogP contribution in [-0.4, -0.2) is 58.5 Å². The van der Waals surface area contributed by atoms with Crippen LogP contribution in [0.4, 0.5) is 4.39 Å². The van der Waals surface area contributed by atoms with Crippen LogP contribution in [0.1, 0.15) is 36.4 Å². The fourth-order valence-electron chi connectivity index (χ4n) is 3.21. The van der Waals surface area contributed by atoms with Crippen LogP contribution in [0.15, 0.2) is 22.6 Å². The number of nitrogens with zero attached hydrogens (tertiary/aromatic N) is 2. The van der Waals surface area contributed by atoms with Crippen molar-refractivity contribution in [2.24, 2.45) is 0 Å². The van der Waals surface area contributed by atoms with Gasteiger partial charge in [-0.15, -0.1) is 0 Å². The van der Waals surface area contributed by atoms with Gasteiger partial charge in [-0.3, -0.25) is 9.59 Å². The van der Waals surface area contributed by atoms with Gasteiger partial charge in [-0.05, 0) is 45.4 Å². The van der Waals surface area contributed by atoms with E-state index in [9.17, 15) is 19.1 Å². The van der Waals surface area contributed by atoms with E-state index in [4.69, 9.17) is 4.42 Å². The highest BCUT2D eigenvalue weighted by Crippen LogP contribution is 2.27. The number of carbonyl (C=O) groups is 2. The third-order valence-electron chi connectivity index (χ3n) is 4.96. The molecule has 1 aromatic carbocycles. The van der Waals surface area contributed by atoms with Gasteiger partial charge in [0.2, 0.25) is 5.91 Å². The molecule has 1 atom stereocenters. The van der Waals surface area contributed by atoms with Gasteiger partial charge in [0.15, 0.2) is 5.76 Å². The number of halogens is 1. The van der Waals surface area contributed by atoms with Crippen LogP contribution >= 0.6 is 0 Å². The van der Waals surface area contributed by atoms with Gasteiger partial charge in [-0.2, -0.15) is 0 Å². The molecular weight excluding hydrogens is 339 g/mol. The summed E-state index contributed by atoms with van der Waals surface area (Å²) in [5, 5.41) is 9.80. The molecule has 6 nitrogen and oxygen atoms in total. The van der Waals surface area contributed by atoms with E-state index in [1.54, 1.807) is 11.8 Å². The molecule has 1 aromatic heterocycles. The minimum absolute atomic E-state index is 0.0738. The van der Waals surface area contributed by atoms with Crippen molar-refractivity contribution in [3.63, 3.8) is 0 Å². The lowest BCUT2D eigenvalue weighted by Gasteiger charge is -2.41. The highest BCUT2D eigenvalue weighted by atomic mass is 19.1. The van der Waals surface area contributed by atoms with Crippen LogP contribution in [0.5, 0.6) is 0 Å². The second-order valence-corrected chi connectivity index (χ2v) is 6.94. The molecule has 1 N–H and O–H groups in total. The zero-order valence-corrected chi connectivity index (χ0v) is 15.2. The molecule has 0 spiro atoms. The van der Waals surface area contributed by atoms with Gasteiger partial charge in [0.25, 0.3) is 5.91 Å². The first-order valence-corrected chi connectivity index (χ1v) is 8.73. The lowest BCUT2D eigenvalue weighted by Crippen LogP contribution is -2.56. The molecule has 2 amide bonds. The summed E-state index contributed by atoms with van der Waals surface area (Å²) in [6.07, 6.45) is 0.770. The average Bonchev–Trinajstić information content (AvgIpc) is 2.88. The number of likely N-dealkylation sites (tertiary alicyclic amines) is 1. The third-order valence-corrected chi connectivity index (χ3v) is 4.96. The van der Waals surface area contributed by atoms with Gasteiger partial charge in [0, 0.05) is 23.5 Å². The zero-order chi connectivity index (χ0) is 19.0. The number of furan rings is 1. The molecule has 1 aliphatic rings. The topological polar surface area (TPSA) is 74.0 Å². The average molecular weight is 362 g/mol. The normalized spacial score (nSPS) is 16.8. The maximum Gasteiger partial charge on any atom is 0.290 e. The van der Waals surface area contributed by atoms with Crippen LogP contribution < -0.4 is 0 Å². The zero-order valence-electron chi connectivity index (χ0n) is 15.2. The number of amides is 2. The van der Waals surface area contributed by atoms with Gasteiger partial charge < -0.3 is 19.3 Å². The van der Waals surface area contributed by atoms with Gasteiger partial charge in [-0.1, -0.05) is 0 Å². The molecular formula is C19H23FN2O4. The third kappa shape index (κ3) is 3.19. The summed E-state index contributed by atoms with van der Waals surface area (Å²) in [4.78, 5) is 28.5. The number of aliphatic hydroxyl groups excluding tert-OH is 1. The van der Waals surface area contributed by atoms with E-state index in [0.29, 0.717) is 23.1 Å². The van der Waals surface area contributed by atoms with Crippen molar-refractivity contribution in [3.05, 3.63) is 35.3 Å². The lowest BCUT2D eigenvalue weighted by atomic mass is 10.0. The second kappa shape index (κ2) is 7.07. The standard InChI is InChI=1S/C19H23FN2O4/c1-11(2)22(9-17(24)21-7-6-14(21)10-23)19(25)18-12(3)15-8-13(20)4-5-16(15)26-18/h4-5,8,11,14,23H,6-7,9-10H2,1-3H3/t14-/m0/s1. The number of rotatable bonds is 5. The molecule has 0 unspecified atom stereocenters. The monoisotopic (exact) mass is 362 g/mol. The molecule has 140 valence electrons. The summed E-state index contributed by atoms with van der Waals surface area (Å²) < 4.78 is 19.1. The predicted molar refractivity (Wildman–Crippen MR) is 94.3 cm³/mol. The Hall–Kier alpha value is -2.41. The molecule has 0 saturated carbocycles. The Morgan fingerprint density at radius 2 is 2.15 bits per heavy atom. The fourth-order valence-corrected chi connectivity index (χ4v) is 3.21. The van der Waals surface area contributed by atoms with Gasteiger partial charge >= 0.3 is 0 Å². The van der Waals surface area contributed by atoms with Crippen LogP contribution in [0.2, 0.25) is 0 Å². The molecule has 26 heavy (non-hydrogen) atoms. The number of hydrogen-bond donors (Lipinski definition) is 1. The number of fused-ring (bicyclic) bond motifs is 1. The van der Waals surface area contributed by atoms with Crippen molar-refractivity contribution in [2.75, 3.05) is 19.7 Å². The quantitative estimate of drug-likeness (QED) is 0.886. The largest absolute Gasteiger partial charge is 0.451 e. The maximum atomic E-state index is 13.5. The van der Waals surface area contributed by atoms with E-state index < -0.39 is 11.7 Å². The highest BCUT2D eigenvalue weighted by Gasteiger charge is 2.34. The van der Waals surface area contributed by atoms with Crippen molar-refractivity contribution in [1.29, 1.82) is 0 Å². The molecule has 7 heteroatoms. The molecule has 3 rings (SSSR count). The number of carbonyl (C=O) groups excluding carboxylic acids is 2. The first-order valence-electron chi connectivity index (χ1n) is 8.73. The Morgan fingerprint density at radius 3 is 2.73 bits per heavy atom. The van der Waals surface area contributed by atoms with E-state index >= 15 is 0 Å². The van der Waals surface area contributed by atoms with Crippen molar-refractivity contribution in [2.45, 2.75) is 39.3 Å². The summed E-state index contributed by atoms with van der Waals surface area (Å²) in [7, 11) is 0. The second-order valence-electron chi connectivity index (χ2n) is 6.94. The van der Waals surface area contributed by atoms with Crippen molar-refractivity contribution < 1.29 is 23.5 Å². The molecule has 0 bridgehead atoms. The predicted octanol–water partition coefficient (Wildman–Crippen LogP) is 2.32. The van der Waals surface area contributed by atoms with E-state index in [2.05, 4.69) is 0 Å². The lowest BCUT2D eigenvalue weighted by molar-refractivity contribution is -0.141. The number of aryl methyl sites for hydroxylation is 1. The Balaban J connectivity index is 1.85. The van der Waals surface area contributed by atoms with Gasteiger partial charge in [-0.25, -0.2) is 4.39 Å². The van der Waals surface area contributed by atoms with Crippen molar-refractivity contribution in [1.82, 2.24) is 9.80 Å². The maximum absolute atomic E-state index is 13.5. The molecule has 1 saturated heterocycles. The first kappa shape index (κ1) is 18.4. The van der Waals surface area contributed by atoms with E-state index in [1.165, 1.54) is 23.1 Å². The Labute approximate surface area is 151 Å². The SMILES string of the molecule is Cc1c(C(=O)N(CC(=O)N2CC[C@H]2CO)C(C)C)oc2ccc(F)cc12. The first-order chi connectivity index (χ1) is 12.3. The summed E-state index contributed by atoms with van der Waals surface area (Å²) in [6, 6.07) is 3.72. The molecule has 0 aliphatic carbocycles. The highest BCUT2D eigenvalue weighted by molar-refractivity contribution is 6.00. The summed E-state index contributed by atoms with van der Waals surface area (Å²) in [5.41, 5.74) is 0.991. The van der Waals surface area contributed by atoms with Gasteiger partial charge in [0.1, 0.15) is 17.9 Å². The Kier molecular flexibility index (Phi) is 5.00. The van der Waals surface area contributed by atoms with Crippen LogP contribution in [0, 0.1) is 12.7 Å². The number of hydrogen-bond acceptors (Lipinski definition) is 4. The van der Waals surface area contributed by atoms with Crippen molar-refractivity contribution >= 4 is 22.8 Å². The van der Waals surface area contributed by atoms with Crippen LogP contribution in [0.3, 0.4) is 0 Å². The number of benzene rings is 1. The minimum atomic E-state index is -0.400. The molecule has 2 aromatic rings. The van der Waals surface area contributed by atoms with Crippen LogP contribution in [0.25, 0.3) is 11.0 Å². The summed E-state index contributed by atoms with van der Waals surface area (Å²) in [6.45, 7) is 5.78. The van der Waals surface area contributed by atoms with Gasteiger partial charge in [0.05, 0.1) is 12.6 Å². The molecule has 1 aliphatic heterocycles. The van der Waals surface area contributed by atoms with Crippen molar-refractivity contribution in [3.8, 4) is 0 Å².